The van der Waals surface area contributed by atoms with Crippen molar-refractivity contribution in [2.24, 2.45) is 0 Å². The van der Waals surface area contributed by atoms with E-state index in [-0.39, 0.29) is 0 Å². The Kier molecular flexibility index (Phi) is 3.88. The lowest BCUT2D eigenvalue weighted by molar-refractivity contribution is 0.247. The van der Waals surface area contributed by atoms with Gasteiger partial charge >= 0.3 is 0 Å². The SMILES string of the molecule is CNc1nc(CN2CCSC(C)(C)C2)nc2sccc12. The molecule has 1 saturated heterocycles. The third-order valence-corrected chi connectivity index (χ3v) is 5.58. The molecule has 3 rings (SSSR count). The van der Waals surface area contributed by atoms with Crippen LogP contribution in [0.15, 0.2) is 11.4 Å². The van der Waals surface area contributed by atoms with Gasteiger partial charge in [0.05, 0.1) is 11.9 Å². The molecule has 0 spiro atoms. The molecule has 0 saturated carbocycles. The van der Waals surface area contributed by atoms with Crippen LogP contribution in [0.3, 0.4) is 0 Å². The zero-order chi connectivity index (χ0) is 14.2. The highest BCUT2D eigenvalue weighted by molar-refractivity contribution is 8.00. The summed E-state index contributed by atoms with van der Waals surface area (Å²) in [7, 11) is 1.92. The average Bonchev–Trinajstić information content (AvgIpc) is 2.84. The van der Waals surface area contributed by atoms with Crippen molar-refractivity contribution >= 4 is 39.1 Å². The molecule has 1 fully saturated rings. The predicted molar refractivity (Wildman–Crippen MR) is 88.8 cm³/mol. The van der Waals surface area contributed by atoms with E-state index in [0.717, 1.165) is 41.5 Å². The normalized spacial score (nSPS) is 19.4. The molecule has 0 atom stereocenters. The van der Waals surface area contributed by atoms with Crippen molar-refractivity contribution in [1.82, 2.24) is 14.9 Å². The Bertz CT molecular complexity index is 608. The van der Waals surface area contributed by atoms with Crippen molar-refractivity contribution in [3.63, 3.8) is 0 Å². The average molecular weight is 308 g/mol. The van der Waals surface area contributed by atoms with Gasteiger partial charge in [0.1, 0.15) is 16.5 Å². The van der Waals surface area contributed by atoms with E-state index in [2.05, 4.69) is 52.3 Å². The fourth-order valence-electron chi connectivity index (χ4n) is 2.61. The number of nitrogens with one attached hydrogen (secondary N) is 1. The second-order valence-electron chi connectivity index (χ2n) is 5.70. The van der Waals surface area contributed by atoms with E-state index in [4.69, 9.17) is 4.98 Å². The lowest BCUT2D eigenvalue weighted by Crippen LogP contribution is -2.42. The van der Waals surface area contributed by atoms with E-state index in [1.54, 1.807) is 11.3 Å². The van der Waals surface area contributed by atoms with Gasteiger partial charge in [-0.3, -0.25) is 4.90 Å². The summed E-state index contributed by atoms with van der Waals surface area (Å²) in [6.07, 6.45) is 0. The van der Waals surface area contributed by atoms with Gasteiger partial charge < -0.3 is 5.32 Å². The highest BCUT2D eigenvalue weighted by Crippen LogP contribution is 2.30. The number of hydrogen-bond donors (Lipinski definition) is 1. The Morgan fingerprint density at radius 2 is 2.25 bits per heavy atom. The fraction of sp³-hybridized carbons (Fsp3) is 0.571. The highest BCUT2D eigenvalue weighted by Gasteiger charge is 2.27. The maximum Gasteiger partial charge on any atom is 0.146 e. The number of nitrogens with zero attached hydrogens (tertiary/aromatic N) is 3. The molecular weight excluding hydrogens is 288 g/mol. The third kappa shape index (κ3) is 2.92. The molecule has 0 bridgehead atoms. The van der Waals surface area contributed by atoms with Crippen LogP contribution >= 0.6 is 23.1 Å². The first-order valence-corrected chi connectivity index (χ1v) is 8.72. The summed E-state index contributed by atoms with van der Waals surface area (Å²) in [5.74, 6) is 3.05. The molecule has 0 aliphatic carbocycles. The molecule has 1 N–H and O–H groups in total. The number of rotatable bonds is 3. The topological polar surface area (TPSA) is 41.1 Å². The quantitative estimate of drug-likeness (QED) is 0.944. The number of aromatic nitrogens is 2. The van der Waals surface area contributed by atoms with Gasteiger partial charge in [0, 0.05) is 30.6 Å². The van der Waals surface area contributed by atoms with E-state index in [1.807, 2.05) is 7.05 Å². The summed E-state index contributed by atoms with van der Waals surface area (Å²) < 4.78 is 0.330. The van der Waals surface area contributed by atoms with Gasteiger partial charge in [-0.1, -0.05) is 0 Å². The van der Waals surface area contributed by atoms with E-state index in [1.165, 1.54) is 5.75 Å². The first-order valence-electron chi connectivity index (χ1n) is 6.85. The van der Waals surface area contributed by atoms with Crippen LogP contribution in [-0.4, -0.2) is 45.5 Å². The van der Waals surface area contributed by atoms with Gasteiger partial charge in [-0.05, 0) is 25.3 Å². The standard InChI is InChI=1S/C14H20N4S2/c1-14(2)9-18(5-7-20-14)8-11-16-12(15-3)10-4-6-19-13(10)17-11/h4,6H,5,7-9H2,1-3H3,(H,15,16,17). The Morgan fingerprint density at radius 1 is 1.40 bits per heavy atom. The molecule has 1 aliphatic rings. The molecular formula is C14H20N4S2. The van der Waals surface area contributed by atoms with Crippen molar-refractivity contribution in [1.29, 1.82) is 0 Å². The molecule has 108 valence electrons. The van der Waals surface area contributed by atoms with E-state index >= 15 is 0 Å². The summed E-state index contributed by atoms with van der Waals surface area (Å²) in [5.41, 5.74) is 0. The predicted octanol–water partition coefficient (Wildman–Crippen LogP) is 3.06. The van der Waals surface area contributed by atoms with E-state index in [0.29, 0.717) is 4.75 Å². The van der Waals surface area contributed by atoms with Crippen LogP contribution in [0, 0.1) is 0 Å². The first kappa shape index (κ1) is 14.1. The van der Waals surface area contributed by atoms with Crippen LogP contribution in [0.2, 0.25) is 0 Å². The zero-order valence-electron chi connectivity index (χ0n) is 12.1. The summed E-state index contributed by atoms with van der Waals surface area (Å²) in [6, 6.07) is 2.08. The molecule has 0 amide bonds. The largest absolute Gasteiger partial charge is 0.372 e. The molecule has 6 heteroatoms. The van der Waals surface area contributed by atoms with Gasteiger partial charge in [0.15, 0.2) is 0 Å². The second kappa shape index (κ2) is 5.50. The summed E-state index contributed by atoms with van der Waals surface area (Å²) >= 11 is 3.73. The minimum Gasteiger partial charge on any atom is -0.372 e. The van der Waals surface area contributed by atoms with Crippen molar-refractivity contribution in [2.45, 2.75) is 25.1 Å². The number of hydrogen-bond acceptors (Lipinski definition) is 6. The number of thiophene rings is 1. The molecule has 0 unspecified atom stereocenters. The number of thioether (sulfide) groups is 1. The molecule has 2 aromatic rings. The lowest BCUT2D eigenvalue weighted by Gasteiger charge is -2.37. The third-order valence-electron chi connectivity index (χ3n) is 3.48. The molecule has 20 heavy (non-hydrogen) atoms. The molecule has 3 heterocycles. The van der Waals surface area contributed by atoms with Crippen molar-refractivity contribution in [3.05, 3.63) is 17.3 Å². The monoisotopic (exact) mass is 308 g/mol. The van der Waals surface area contributed by atoms with Gasteiger partial charge in [-0.25, -0.2) is 9.97 Å². The van der Waals surface area contributed by atoms with Crippen LogP contribution in [-0.2, 0) is 6.54 Å². The van der Waals surface area contributed by atoms with Gasteiger partial charge in [-0.2, -0.15) is 11.8 Å². The zero-order valence-corrected chi connectivity index (χ0v) is 13.8. The van der Waals surface area contributed by atoms with Crippen LogP contribution < -0.4 is 5.32 Å². The van der Waals surface area contributed by atoms with Crippen molar-refractivity contribution < 1.29 is 0 Å². The lowest BCUT2D eigenvalue weighted by atomic mass is 10.2. The molecule has 4 nitrogen and oxygen atoms in total. The number of anilines is 1. The highest BCUT2D eigenvalue weighted by atomic mass is 32.2. The van der Waals surface area contributed by atoms with Crippen molar-refractivity contribution in [2.75, 3.05) is 31.2 Å². The van der Waals surface area contributed by atoms with E-state index < -0.39 is 0 Å². The van der Waals surface area contributed by atoms with Crippen LogP contribution in [0.25, 0.3) is 10.2 Å². The van der Waals surface area contributed by atoms with E-state index in [9.17, 15) is 0 Å². The minimum absolute atomic E-state index is 0.330. The van der Waals surface area contributed by atoms with Crippen molar-refractivity contribution in [3.8, 4) is 0 Å². The maximum atomic E-state index is 4.70. The van der Waals surface area contributed by atoms with Crippen LogP contribution in [0.1, 0.15) is 19.7 Å². The summed E-state index contributed by atoms with van der Waals surface area (Å²) in [5, 5.41) is 6.38. The second-order valence-corrected chi connectivity index (χ2v) is 8.39. The Morgan fingerprint density at radius 3 is 3.00 bits per heavy atom. The van der Waals surface area contributed by atoms with Crippen LogP contribution in [0.4, 0.5) is 5.82 Å². The fourth-order valence-corrected chi connectivity index (χ4v) is 4.57. The first-order chi connectivity index (χ1) is 9.57. The van der Waals surface area contributed by atoms with Gasteiger partial charge in [-0.15, -0.1) is 11.3 Å². The molecule has 2 aromatic heterocycles. The summed E-state index contributed by atoms with van der Waals surface area (Å²) in [6.45, 7) is 7.68. The molecule has 0 aromatic carbocycles. The Hall–Kier alpha value is -0.850. The van der Waals surface area contributed by atoms with Gasteiger partial charge in [0.2, 0.25) is 0 Å². The molecule has 0 radical (unpaired) electrons. The Labute approximate surface area is 128 Å². The molecule has 1 aliphatic heterocycles. The maximum absolute atomic E-state index is 4.70. The van der Waals surface area contributed by atoms with Crippen LogP contribution in [0.5, 0.6) is 0 Å². The van der Waals surface area contributed by atoms with Gasteiger partial charge in [0.25, 0.3) is 0 Å². The number of fused-ring (bicyclic) bond motifs is 1. The minimum atomic E-state index is 0.330. The Balaban J connectivity index is 1.83. The smallest absolute Gasteiger partial charge is 0.146 e. The summed E-state index contributed by atoms with van der Waals surface area (Å²) in [4.78, 5) is 12.9.